The van der Waals surface area contributed by atoms with Crippen LogP contribution in [0.3, 0.4) is 0 Å². The number of aromatic nitrogens is 3. The van der Waals surface area contributed by atoms with Crippen LogP contribution in [-0.4, -0.2) is 39.5 Å². The quantitative estimate of drug-likeness (QED) is 0.237. The van der Waals surface area contributed by atoms with E-state index in [2.05, 4.69) is 15.3 Å². The number of nitrogens with one attached hydrogen (secondary N) is 2. The number of fused-ring (bicyclic) bond motifs is 1. The maximum absolute atomic E-state index is 14.6. The fourth-order valence-electron chi connectivity index (χ4n) is 4.53. The lowest BCUT2D eigenvalue weighted by atomic mass is 10.0. The first-order valence-electron chi connectivity index (χ1n) is 13.1. The average molecular weight is 554 g/mol. The monoisotopic (exact) mass is 553 g/mol. The van der Waals surface area contributed by atoms with Crippen LogP contribution >= 0.6 is 0 Å². The molecule has 2 heterocycles. The Morgan fingerprint density at radius 3 is 2.39 bits per heavy atom. The Bertz CT molecular complexity index is 1740. The van der Waals surface area contributed by atoms with Gasteiger partial charge in [-0.2, -0.15) is 0 Å². The molecule has 0 aliphatic rings. The van der Waals surface area contributed by atoms with Crippen molar-refractivity contribution in [3.05, 3.63) is 102 Å². The van der Waals surface area contributed by atoms with Gasteiger partial charge < -0.3 is 15.2 Å². The first-order valence-corrected chi connectivity index (χ1v) is 13.1. The number of carbonyl (C=O) groups excluding carboxylic acids is 2. The number of imidazole rings is 1. The van der Waals surface area contributed by atoms with Crippen molar-refractivity contribution in [2.75, 3.05) is 11.9 Å². The van der Waals surface area contributed by atoms with Crippen molar-refractivity contribution >= 4 is 28.3 Å². The van der Waals surface area contributed by atoms with Crippen LogP contribution in [0.5, 0.6) is 0 Å². The number of pyridine rings is 1. The van der Waals surface area contributed by atoms with Crippen molar-refractivity contribution in [2.24, 2.45) is 0 Å². The molecule has 5 aromatic rings. The van der Waals surface area contributed by atoms with E-state index in [1.807, 2.05) is 30.3 Å². The molecular formula is C32H29F2N5O2. The summed E-state index contributed by atoms with van der Waals surface area (Å²) in [4.78, 5) is 39.7. The molecule has 208 valence electrons. The Balaban J connectivity index is 1.51. The van der Waals surface area contributed by atoms with Crippen LogP contribution in [0, 0.1) is 5.82 Å². The molecule has 1 atom stereocenters. The van der Waals surface area contributed by atoms with Crippen LogP contribution in [-0.2, 0) is 4.79 Å². The lowest BCUT2D eigenvalue weighted by Crippen LogP contribution is -2.40. The summed E-state index contributed by atoms with van der Waals surface area (Å²) in [6.45, 7) is 4.15. The van der Waals surface area contributed by atoms with Crippen LogP contribution < -0.4 is 10.2 Å². The highest BCUT2D eigenvalue weighted by Crippen LogP contribution is 2.30. The third-order valence-electron chi connectivity index (χ3n) is 6.85. The van der Waals surface area contributed by atoms with E-state index in [1.54, 1.807) is 43.6 Å². The summed E-state index contributed by atoms with van der Waals surface area (Å²) in [5.74, 6) is -1.02. The number of aromatic amines is 1. The summed E-state index contributed by atoms with van der Waals surface area (Å²) < 4.78 is 27.9. The minimum atomic E-state index is -2.12. The van der Waals surface area contributed by atoms with Crippen molar-refractivity contribution in [3.8, 4) is 22.8 Å². The van der Waals surface area contributed by atoms with E-state index in [4.69, 9.17) is 4.98 Å². The maximum atomic E-state index is 14.6. The van der Waals surface area contributed by atoms with Crippen molar-refractivity contribution < 1.29 is 18.4 Å². The molecule has 0 spiro atoms. The van der Waals surface area contributed by atoms with E-state index in [0.29, 0.717) is 28.5 Å². The first kappa shape index (κ1) is 27.6. The van der Waals surface area contributed by atoms with Gasteiger partial charge in [0.2, 0.25) is 0 Å². The summed E-state index contributed by atoms with van der Waals surface area (Å²) in [6, 6.07) is 20.1. The van der Waals surface area contributed by atoms with Crippen molar-refractivity contribution in [2.45, 2.75) is 32.5 Å². The zero-order valence-corrected chi connectivity index (χ0v) is 23.1. The van der Waals surface area contributed by atoms with Gasteiger partial charge in [0.25, 0.3) is 11.8 Å². The molecule has 0 unspecified atom stereocenters. The summed E-state index contributed by atoms with van der Waals surface area (Å²) in [7, 11) is 1.46. The van der Waals surface area contributed by atoms with E-state index in [1.165, 1.54) is 44.0 Å². The van der Waals surface area contributed by atoms with Gasteiger partial charge in [-0.1, -0.05) is 36.4 Å². The average Bonchev–Trinajstić information content (AvgIpc) is 3.46. The van der Waals surface area contributed by atoms with Gasteiger partial charge in [-0.25, -0.2) is 13.8 Å². The summed E-state index contributed by atoms with van der Waals surface area (Å²) in [5.41, 5.74) is 0.874. The zero-order valence-electron chi connectivity index (χ0n) is 23.1. The third-order valence-corrected chi connectivity index (χ3v) is 6.85. The Morgan fingerprint density at radius 1 is 0.976 bits per heavy atom. The number of halogens is 2. The summed E-state index contributed by atoms with van der Waals surface area (Å²) in [5, 5.41) is 4.93. The molecule has 3 aromatic carbocycles. The van der Waals surface area contributed by atoms with E-state index < -0.39 is 23.5 Å². The van der Waals surface area contributed by atoms with Gasteiger partial charge in [0.05, 0.1) is 11.7 Å². The number of alkyl halides is 1. The van der Waals surface area contributed by atoms with Gasteiger partial charge in [0.1, 0.15) is 11.5 Å². The Kier molecular flexibility index (Phi) is 7.36. The third kappa shape index (κ3) is 5.99. The van der Waals surface area contributed by atoms with Crippen LogP contribution in [0.25, 0.3) is 33.5 Å². The number of nitrogens with zero attached hydrogens (tertiary/aromatic N) is 3. The van der Waals surface area contributed by atoms with Gasteiger partial charge in [0, 0.05) is 41.6 Å². The number of H-pyrrole nitrogens is 1. The molecule has 0 bridgehead atoms. The molecule has 0 aliphatic heterocycles. The molecule has 5 rings (SSSR count). The first-order chi connectivity index (χ1) is 19.5. The molecular weight excluding hydrogens is 524 g/mol. The predicted molar refractivity (Wildman–Crippen MR) is 156 cm³/mol. The molecule has 2 aromatic heterocycles. The highest BCUT2D eigenvalue weighted by atomic mass is 19.1. The zero-order chi connectivity index (χ0) is 29.3. The SMILES string of the molecule is C[C@@H](NC(=O)c1cc(-c2c[nH]c(-c3cc4ccccc4cn3)n2)cc(N(C)C(=O)C(C)(C)F)c1)c1ccc(F)cc1. The van der Waals surface area contributed by atoms with E-state index in [-0.39, 0.29) is 11.4 Å². The lowest BCUT2D eigenvalue weighted by Gasteiger charge is -2.24. The molecule has 0 radical (unpaired) electrons. The fourth-order valence-corrected chi connectivity index (χ4v) is 4.53. The minimum Gasteiger partial charge on any atom is -0.346 e. The number of anilines is 1. The highest BCUT2D eigenvalue weighted by molar-refractivity contribution is 6.02. The van der Waals surface area contributed by atoms with Crippen molar-refractivity contribution in [3.63, 3.8) is 0 Å². The number of amides is 2. The van der Waals surface area contributed by atoms with Crippen molar-refractivity contribution in [1.82, 2.24) is 20.3 Å². The fraction of sp³-hybridized carbons (Fsp3) is 0.188. The highest BCUT2D eigenvalue weighted by Gasteiger charge is 2.31. The maximum Gasteiger partial charge on any atom is 0.263 e. The second-order valence-corrected chi connectivity index (χ2v) is 10.4. The molecule has 0 aliphatic carbocycles. The summed E-state index contributed by atoms with van der Waals surface area (Å²) in [6.07, 6.45) is 3.46. The number of rotatable bonds is 7. The van der Waals surface area contributed by atoms with Gasteiger partial charge in [-0.05, 0) is 68.1 Å². The second kappa shape index (κ2) is 10.9. The number of hydrogen-bond acceptors (Lipinski definition) is 4. The molecule has 2 amide bonds. The standard InChI is InChI=1S/C32H29F2N5O2/c1-19(20-9-11-25(33)12-10-20)37-30(40)24-13-23(14-26(15-24)39(4)31(41)32(2,3)34)28-18-36-29(38-28)27-16-21-7-5-6-8-22(21)17-35-27/h5-19H,1-4H3,(H,36,38)(H,37,40)/t19-/m1/s1. The minimum absolute atomic E-state index is 0.246. The normalized spacial score (nSPS) is 12.2. The summed E-state index contributed by atoms with van der Waals surface area (Å²) >= 11 is 0. The van der Waals surface area contributed by atoms with Gasteiger partial charge in [-0.3, -0.25) is 14.6 Å². The molecule has 0 saturated carbocycles. The van der Waals surface area contributed by atoms with Gasteiger partial charge in [0.15, 0.2) is 11.5 Å². The van der Waals surface area contributed by atoms with E-state index in [0.717, 1.165) is 16.3 Å². The number of benzene rings is 3. The number of carbonyl (C=O) groups is 2. The smallest absolute Gasteiger partial charge is 0.263 e. The van der Waals surface area contributed by atoms with E-state index >= 15 is 0 Å². The van der Waals surface area contributed by atoms with Crippen LogP contribution in [0.15, 0.2) is 85.2 Å². The second-order valence-electron chi connectivity index (χ2n) is 10.4. The largest absolute Gasteiger partial charge is 0.346 e. The predicted octanol–water partition coefficient (Wildman–Crippen LogP) is 6.63. The lowest BCUT2D eigenvalue weighted by molar-refractivity contribution is -0.127. The van der Waals surface area contributed by atoms with Crippen molar-refractivity contribution in [1.29, 1.82) is 0 Å². The van der Waals surface area contributed by atoms with Gasteiger partial charge in [-0.15, -0.1) is 0 Å². The molecule has 0 saturated heterocycles. The van der Waals surface area contributed by atoms with Crippen LogP contribution in [0.4, 0.5) is 14.5 Å². The molecule has 7 nitrogen and oxygen atoms in total. The molecule has 9 heteroatoms. The Labute approximate surface area is 236 Å². The van der Waals surface area contributed by atoms with Crippen LogP contribution in [0.1, 0.15) is 42.7 Å². The molecule has 41 heavy (non-hydrogen) atoms. The van der Waals surface area contributed by atoms with Gasteiger partial charge >= 0.3 is 0 Å². The van der Waals surface area contributed by atoms with Crippen LogP contribution in [0.2, 0.25) is 0 Å². The Morgan fingerprint density at radius 2 is 1.68 bits per heavy atom. The number of hydrogen-bond donors (Lipinski definition) is 2. The Hall–Kier alpha value is -4.92. The van der Waals surface area contributed by atoms with E-state index in [9.17, 15) is 18.4 Å². The topological polar surface area (TPSA) is 91.0 Å². The molecule has 0 fully saturated rings. The molecule has 2 N–H and O–H groups in total.